The first-order valence-electron chi connectivity index (χ1n) is 17.7. The van der Waals surface area contributed by atoms with Gasteiger partial charge in [-0.15, -0.1) is 0 Å². The highest BCUT2D eigenvalue weighted by atomic mass is 15.0. The molecule has 1 atom stereocenters. The highest BCUT2D eigenvalue weighted by Gasteiger charge is 2.31. The normalized spacial score (nSPS) is 17.7. The summed E-state index contributed by atoms with van der Waals surface area (Å²) in [6, 6.07) is 39.0. The van der Waals surface area contributed by atoms with Crippen LogP contribution in [0, 0.1) is 5.41 Å². The molecule has 0 bridgehead atoms. The van der Waals surface area contributed by atoms with Gasteiger partial charge in [0.1, 0.15) is 0 Å². The molecule has 6 aromatic carbocycles. The zero-order valence-electron chi connectivity index (χ0n) is 28.3. The number of aryl methyl sites for hydroxylation is 1. The number of benzene rings is 6. The minimum absolute atomic E-state index is 0.0923. The topological polar surface area (TPSA) is 51.0 Å². The molecule has 4 heteroatoms. The maximum Gasteiger partial charge on any atom is 0.164 e. The Labute approximate surface area is 297 Å². The van der Waals surface area contributed by atoms with E-state index in [2.05, 4.69) is 153 Å². The maximum atomic E-state index is 5.31. The van der Waals surface area contributed by atoms with E-state index in [1.165, 1.54) is 32.9 Å². The summed E-state index contributed by atoms with van der Waals surface area (Å²) in [4.78, 5) is 20.6. The molecule has 7 aromatic rings. The SMILES string of the molecule is CC12C=CC=CC1=NC=C(c1ccc(-c3nc(-c4cc5c(c6ccccc46)CCC=C5)nc(-c4cc5ccccc5c5ccccc45)n3)cc1)C2. The molecule has 2 heterocycles. The van der Waals surface area contributed by atoms with Crippen LogP contribution in [0.1, 0.15) is 36.5 Å². The van der Waals surface area contributed by atoms with Crippen molar-refractivity contribution in [3.63, 3.8) is 0 Å². The molecule has 0 spiro atoms. The van der Waals surface area contributed by atoms with Crippen molar-refractivity contribution >= 4 is 49.7 Å². The predicted molar refractivity (Wildman–Crippen MR) is 212 cm³/mol. The van der Waals surface area contributed by atoms with Crippen molar-refractivity contribution in [1.82, 2.24) is 15.0 Å². The van der Waals surface area contributed by atoms with Crippen LogP contribution in [0.15, 0.2) is 151 Å². The predicted octanol–water partition coefficient (Wildman–Crippen LogP) is 11.6. The minimum atomic E-state index is -0.0923. The molecule has 242 valence electrons. The van der Waals surface area contributed by atoms with Crippen LogP contribution < -0.4 is 0 Å². The van der Waals surface area contributed by atoms with E-state index >= 15 is 0 Å². The van der Waals surface area contributed by atoms with Gasteiger partial charge in [-0.25, -0.2) is 15.0 Å². The quantitative estimate of drug-likeness (QED) is 0.178. The number of allylic oxidation sites excluding steroid dienone is 6. The zero-order chi connectivity index (χ0) is 33.9. The average molecular weight is 655 g/mol. The lowest BCUT2D eigenvalue weighted by Crippen LogP contribution is -2.27. The van der Waals surface area contributed by atoms with Gasteiger partial charge < -0.3 is 0 Å². The number of hydrogen-bond acceptors (Lipinski definition) is 4. The molecule has 10 rings (SSSR count). The van der Waals surface area contributed by atoms with Gasteiger partial charge in [-0.1, -0.05) is 134 Å². The Kier molecular flexibility index (Phi) is 6.78. The molecule has 51 heavy (non-hydrogen) atoms. The summed E-state index contributed by atoms with van der Waals surface area (Å²) in [6.07, 6.45) is 18.1. The van der Waals surface area contributed by atoms with Gasteiger partial charge in [-0.3, -0.25) is 4.99 Å². The fourth-order valence-corrected chi connectivity index (χ4v) is 8.12. The van der Waals surface area contributed by atoms with E-state index in [0.717, 1.165) is 63.4 Å². The summed E-state index contributed by atoms with van der Waals surface area (Å²) in [7, 11) is 0. The number of hydrogen-bond donors (Lipinski definition) is 0. The van der Waals surface area contributed by atoms with Gasteiger partial charge in [0.15, 0.2) is 17.5 Å². The van der Waals surface area contributed by atoms with Crippen molar-refractivity contribution in [2.45, 2.75) is 26.2 Å². The van der Waals surface area contributed by atoms with E-state index in [-0.39, 0.29) is 5.41 Å². The number of rotatable bonds is 4. The van der Waals surface area contributed by atoms with Crippen LogP contribution in [-0.2, 0) is 6.42 Å². The first-order valence-corrected chi connectivity index (χ1v) is 17.7. The Morgan fingerprint density at radius 2 is 1.24 bits per heavy atom. The van der Waals surface area contributed by atoms with Gasteiger partial charge in [0.2, 0.25) is 0 Å². The molecule has 0 radical (unpaired) electrons. The van der Waals surface area contributed by atoms with E-state index < -0.39 is 0 Å². The Bertz CT molecular complexity index is 2730. The Morgan fingerprint density at radius 3 is 2.04 bits per heavy atom. The minimum Gasteiger partial charge on any atom is -0.260 e. The molecule has 2 aliphatic carbocycles. The van der Waals surface area contributed by atoms with Gasteiger partial charge >= 0.3 is 0 Å². The molecule has 0 saturated carbocycles. The Balaban J connectivity index is 1.17. The summed E-state index contributed by atoms with van der Waals surface area (Å²) in [5.74, 6) is 2.00. The van der Waals surface area contributed by atoms with Crippen molar-refractivity contribution in [3.05, 3.63) is 162 Å². The lowest BCUT2D eigenvalue weighted by Gasteiger charge is -2.32. The van der Waals surface area contributed by atoms with Crippen LogP contribution in [0.2, 0.25) is 0 Å². The zero-order valence-corrected chi connectivity index (χ0v) is 28.3. The average Bonchev–Trinajstić information content (AvgIpc) is 3.19. The van der Waals surface area contributed by atoms with Crippen LogP contribution in [0.3, 0.4) is 0 Å². The van der Waals surface area contributed by atoms with E-state index in [0.29, 0.717) is 17.5 Å². The maximum absolute atomic E-state index is 5.31. The van der Waals surface area contributed by atoms with Crippen molar-refractivity contribution in [2.24, 2.45) is 10.4 Å². The van der Waals surface area contributed by atoms with Gasteiger partial charge in [-0.2, -0.15) is 0 Å². The van der Waals surface area contributed by atoms with E-state index in [1.54, 1.807) is 0 Å². The summed E-state index contributed by atoms with van der Waals surface area (Å²) < 4.78 is 0. The van der Waals surface area contributed by atoms with E-state index in [4.69, 9.17) is 19.9 Å². The lowest BCUT2D eigenvalue weighted by atomic mass is 9.74. The molecular formula is C47H34N4. The number of nitrogens with zero attached hydrogens (tertiary/aromatic N) is 4. The molecule has 1 aliphatic heterocycles. The first kappa shape index (κ1) is 29.6. The second kappa shape index (κ2) is 11.7. The second-order valence-electron chi connectivity index (χ2n) is 14.0. The van der Waals surface area contributed by atoms with Crippen molar-refractivity contribution < 1.29 is 0 Å². The van der Waals surface area contributed by atoms with Crippen LogP contribution in [0.4, 0.5) is 0 Å². The lowest BCUT2D eigenvalue weighted by molar-refractivity contribution is 0.610. The van der Waals surface area contributed by atoms with Crippen LogP contribution in [0.5, 0.6) is 0 Å². The van der Waals surface area contributed by atoms with E-state index in [9.17, 15) is 0 Å². The van der Waals surface area contributed by atoms with Gasteiger partial charge in [-0.05, 0) is 92.1 Å². The largest absolute Gasteiger partial charge is 0.260 e. The first-order chi connectivity index (χ1) is 25.1. The third-order valence-electron chi connectivity index (χ3n) is 10.8. The van der Waals surface area contributed by atoms with Crippen molar-refractivity contribution in [3.8, 4) is 34.2 Å². The molecule has 1 aromatic heterocycles. The molecule has 4 nitrogen and oxygen atoms in total. The van der Waals surface area contributed by atoms with E-state index in [1.807, 2.05) is 6.20 Å². The highest BCUT2D eigenvalue weighted by molar-refractivity contribution is 6.13. The Morgan fingerprint density at radius 1 is 0.588 bits per heavy atom. The molecule has 0 fully saturated rings. The van der Waals surface area contributed by atoms with Crippen LogP contribution in [-0.4, -0.2) is 20.7 Å². The summed E-state index contributed by atoms with van der Waals surface area (Å²) in [5.41, 5.74) is 9.00. The number of aliphatic imine (C=N–C) groups is 1. The monoisotopic (exact) mass is 654 g/mol. The standard InChI is InChI=1S/C47H34N4/c1-47-25-11-10-20-43(47)48-29-34(28-47)30-21-23-31(24-22-30)44-49-45(41-26-32-12-2-4-14-35(32)37-16-6-8-18-39(37)41)51-46(50-44)42-27-33-13-3-5-15-36(33)38-17-7-9-19-40(38)42/h2-4,6-14,16-27,29H,5,15,28H2,1H3. The fourth-order valence-electron chi connectivity index (χ4n) is 8.12. The van der Waals surface area contributed by atoms with Gasteiger partial charge in [0.05, 0.1) is 5.71 Å². The van der Waals surface area contributed by atoms with Gasteiger partial charge in [0.25, 0.3) is 0 Å². The second-order valence-corrected chi connectivity index (χ2v) is 14.0. The summed E-state index contributed by atoms with van der Waals surface area (Å²) in [5, 5.41) is 7.12. The molecule has 0 saturated heterocycles. The fraction of sp³-hybridized carbons (Fsp3) is 0.106. The smallest absolute Gasteiger partial charge is 0.164 e. The molecule has 0 N–H and O–H groups in total. The number of fused-ring (bicyclic) bond motifs is 7. The highest BCUT2D eigenvalue weighted by Crippen LogP contribution is 2.41. The summed E-state index contributed by atoms with van der Waals surface area (Å²) >= 11 is 0. The molecule has 1 unspecified atom stereocenters. The molecule has 3 aliphatic rings. The van der Waals surface area contributed by atoms with Crippen molar-refractivity contribution in [2.75, 3.05) is 0 Å². The van der Waals surface area contributed by atoms with Crippen LogP contribution in [0.25, 0.3) is 78.1 Å². The van der Waals surface area contributed by atoms with Crippen LogP contribution >= 0.6 is 0 Å². The summed E-state index contributed by atoms with van der Waals surface area (Å²) in [6.45, 7) is 2.26. The molecular weight excluding hydrogens is 621 g/mol. The van der Waals surface area contributed by atoms with Gasteiger partial charge in [0, 0.05) is 28.3 Å². The Hall–Kier alpha value is -6.26. The molecule has 0 amide bonds. The van der Waals surface area contributed by atoms with Crippen molar-refractivity contribution in [1.29, 1.82) is 0 Å². The number of aromatic nitrogens is 3. The third kappa shape index (κ3) is 4.98. The third-order valence-corrected chi connectivity index (χ3v) is 10.8.